The number of carbonyl (C=O) groups excluding carboxylic acids is 9. The topological polar surface area (TPSA) is 518 Å². The van der Waals surface area contributed by atoms with Gasteiger partial charge in [0.2, 0.25) is 53.2 Å². The molecular formula is C63H113N9O26. The van der Waals surface area contributed by atoms with Crippen LogP contribution in [0.1, 0.15) is 130 Å². The third-order valence-electron chi connectivity index (χ3n) is 16.3. The van der Waals surface area contributed by atoms with Crippen molar-refractivity contribution in [1.82, 2.24) is 47.9 Å². The predicted molar refractivity (Wildman–Crippen MR) is 345 cm³/mol. The number of hydrogen-bond donors (Lipinski definition) is 18. The molecule has 0 radical (unpaired) electrons. The fourth-order valence-corrected chi connectivity index (χ4v) is 10.8. The van der Waals surface area contributed by atoms with Gasteiger partial charge in [-0.2, -0.15) is 0 Å². The van der Waals surface area contributed by atoms with E-state index in [0.29, 0.717) is 84.0 Å². The van der Waals surface area contributed by atoms with Gasteiger partial charge < -0.3 is 132 Å². The zero-order valence-corrected chi connectivity index (χ0v) is 57.2. The van der Waals surface area contributed by atoms with E-state index in [9.17, 15) is 89.1 Å². The fourth-order valence-electron chi connectivity index (χ4n) is 10.8. The Kier molecular flexibility index (Phi) is 43.5. The molecule has 2 aliphatic heterocycles. The number of hydrogen-bond acceptors (Lipinski definition) is 26. The van der Waals surface area contributed by atoms with Crippen LogP contribution in [0.3, 0.4) is 0 Å². The molecule has 1 aliphatic carbocycles. The zero-order chi connectivity index (χ0) is 72.4. The normalized spacial score (nSPS) is 26.0. The highest BCUT2D eigenvalue weighted by atomic mass is 16.7. The van der Waals surface area contributed by atoms with Gasteiger partial charge in [-0.15, -0.1) is 0 Å². The molecule has 0 aromatic carbocycles. The second-order valence-corrected chi connectivity index (χ2v) is 25.2. The van der Waals surface area contributed by atoms with E-state index in [1.54, 1.807) is 0 Å². The first-order chi connectivity index (χ1) is 46.8. The zero-order valence-electron chi connectivity index (χ0n) is 57.2. The summed E-state index contributed by atoms with van der Waals surface area (Å²) < 4.78 is 46.1. The van der Waals surface area contributed by atoms with Gasteiger partial charge >= 0.3 is 0 Å². The maximum Gasteiger partial charge on any atom is 0.222 e. The molecule has 15 atom stereocenters. The van der Waals surface area contributed by atoms with Crippen LogP contribution in [-0.4, -0.2) is 303 Å². The number of ether oxygens (including phenoxy) is 8. The average Bonchev–Trinajstić information content (AvgIpc) is 0.825. The minimum Gasteiger partial charge on any atom is -0.396 e. The molecule has 0 bridgehead atoms. The van der Waals surface area contributed by atoms with Gasteiger partial charge in [0.1, 0.15) is 54.8 Å². The summed E-state index contributed by atoms with van der Waals surface area (Å²) >= 11 is 0. The second-order valence-electron chi connectivity index (χ2n) is 25.2. The molecule has 15 unspecified atom stereocenters. The summed E-state index contributed by atoms with van der Waals surface area (Å²) in [4.78, 5) is 110. The molecule has 0 spiro atoms. The van der Waals surface area contributed by atoms with Crippen molar-refractivity contribution in [2.24, 2.45) is 11.3 Å². The van der Waals surface area contributed by atoms with Gasteiger partial charge in [-0.25, -0.2) is 0 Å². The first-order valence-electron chi connectivity index (χ1n) is 34.0. The summed E-state index contributed by atoms with van der Waals surface area (Å²) in [6, 6.07) is -2.99. The van der Waals surface area contributed by atoms with Crippen LogP contribution in [0.2, 0.25) is 0 Å². The number of aliphatic hydroxyl groups is 9. The molecule has 35 heteroatoms. The summed E-state index contributed by atoms with van der Waals surface area (Å²) in [6.45, 7) is 6.70. The molecule has 18 N–H and O–H groups in total. The molecular weight excluding hydrogens is 1300 g/mol. The van der Waals surface area contributed by atoms with Gasteiger partial charge in [0, 0.05) is 136 Å². The number of amides is 9. The quantitative estimate of drug-likeness (QED) is 0.0252. The lowest BCUT2D eigenvalue weighted by Gasteiger charge is -2.42. The van der Waals surface area contributed by atoms with Crippen molar-refractivity contribution in [2.45, 2.75) is 216 Å². The van der Waals surface area contributed by atoms with Gasteiger partial charge in [-0.05, 0) is 64.2 Å². The number of unbranched alkanes of at least 4 members (excludes halogenated alkanes) is 3. The maximum atomic E-state index is 12.7. The van der Waals surface area contributed by atoms with E-state index in [4.69, 9.17) is 37.9 Å². The van der Waals surface area contributed by atoms with Crippen molar-refractivity contribution in [3.8, 4) is 0 Å². The average molecular weight is 1410 g/mol. The Labute approximate surface area is 572 Å². The molecule has 0 aromatic rings. The molecule has 3 aliphatic rings. The summed E-state index contributed by atoms with van der Waals surface area (Å²) in [5, 5.41) is 115. The van der Waals surface area contributed by atoms with E-state index in [1.165, 1.54) is 20.8 Å². The highest BCUT2D eigenvalue weighted by molar-refractivity contribution is 5.78. The van der Waals surface area contributed by atoms with Gasteiger partial charge in [0.25, 0.3) is 0 Å². The van der Waals surface area contributed by atoms with E-state index in [2.05, 4.69) is 47.9 Å². The molecule has 3 rings (SSSR count). The van der Waals surface area contributed by atoms with E-state index >= 15 is 0 Å². The van der Waals surface area contributed by atoms with Gasteiger partial charge in [0.15, 0.2) is 12.6 Å². The molecule has 35 nitrogen and oxygen atoms in total. The van der Waals surface area contributed by atoms with Crippen LogP contribution >= 0.6 is 0 Å². The Morgan fingerprint density at radius 3 is 1.00 bits per heavy atom. The summed E-state index contributed by atoms with van der Waals surface area (Å²) in [5.74, 6) is -3.43. The second kappa shape index (κ2) is 49.2. The Morgan fingerprint density at radius 2 is 0.684 bits per heavy atom. The van der Waals surface area contributed by atoms with Gasteiger partial charge in [-0.3, -0.25) is 43.2 Å². The number of rotatable bonds is 51. The standard InChI is InChI=1S/C63H113N9O26/c1-39(76)70-52-43(32-42(33-73)55(85)58(52)88)94-26-8-5-14-46(79)64-20-11-23-67-49(82)17-29-91-36-63(4,37-92-30-18-50(83)68-24-12-21-65-47(80)15-6-9-27-95-61-53(71-40(2)77)59(89)56(86)44(34-74)97-61)38-93-31-19-51(84)69-25-13-22-66-48(81)16-7-10-28-96-62-54(72-41(3)78)60(90)57(87)45(35-75)98-62/h42-45,52-62,73-75,85-90H,5-38H2,1-4H3,(H,64,79)(H,65,80)(H,66,81)(H,67,82)(H,68,83)(H,69,84)(H,70,76)(H,71,77)(H,72,78). The van der Waals surface area contributed by atoms with Crippen LogP contribution < -0.4 is 47.9 Å². The van der Waals surface area contributed by atoms with Crippen molar-refractivity contribution in [2.75, 3.05) is 119 Å². The lowest BCUT2D eigenvalue weighted by Crippen LogP contribution is -2.64. The van der Waals surface area contributed by atoms with Crippen molar-refractivity contribution >= 4 is 53.2 Å². The Bertz CT molecular complexity index is 2110. The minimum atomic E-state index is -1.44. The van der Waals surface area contributed by atoms with Crippen molar-refractivity contribution in [1.29, 1.82) is 0 Å². The molecule has 566 valence electrons. The van der Waals surface area contributed by atoms with Crippen molar-refractivity contribution in [3.05, 3.63) is 0 Å². The first kappa shape index (κ1) is 86.8. The van der Waals surface area contributed by atoms with Crippen LogP contribution in [-0.2, 0) is 81.0 Å². The predicted octanol–water partition coefficient (Wildman–Crippen LogP) is -5.86. The van der Waals surface area contributed by atoms with Crippen LogP contribution in [0.5, 0.6) is 0 Å². The Hall–Kier alpha value is -5.45. The largest absolute Gasteiger partial charge is 0.396 e. The van der Waals surface area contributed by atoms with Crippen LogP contribution in [0, 0.1) is 11.3 Å². The molecule has 98 heavy (non-hydrogen) atoms. The Morgan fingerprint density at radius 1 is 0.378 bits per heavy atom. The molecule has 0 aromatic heterocycles. The fraction of sp³-hybridized carbons (Fsp3) is 0.857. The lowest BCUT2D eigenvalue weighted by atomic mass is 9.79. The van der Waals surface area contributed by atoms with Crippen molar-refractivity contribution in [3.63, 3.8) is 0 Å². The van der Waals surface area contributed by atoms with Crippen molar-refractivity contribution < 1.29 is 127 Å². The summed E-state index contributed by atoms with van der Waals surface area (Å²) in [5.41, 5.74) is -0.785. The lowest BCUT2D eigenvalue weighted by molar-refractivity contribution is -0.270. The van der Waals surface area contributed by atoms with E-state index < -0.39 is 128 Å². The monoisotopic (exact) mass is 1410 g/mol. The third-order valence-corrected chi connectivity index (χ3v) is 16.3. The number of nitrogens with one attached hydrogen (secondary N) is 9. The number of aliphatic hydroxyl groups excluding tert-OH is 9. The molecule has 2 saturated heterocycles. The van der Waals surface area contributed by atoms with Crippen LogP contribution in [0.15, 0.2) is 0 Å². The SMILES string of the molecule is CC(=O)NC1C(OCCCCC(=O)NCCCNC(=O)CCOCC(C)(COCCC(=O)NCCCNC(=O)CCCCOC2OC(CO)C(O)C(O)C2NC(C)=O)COCCC(=O)NCCCNC(=O)CCCCOC2OC(CO)C(O)C(O)C2NC(C)=O)CC(CO)C(O)C1O. The minimum absolute atomic E-state index is 0.0222. The maximum absolute atomic E-state index is 12.7. The van der Waals surface area contributed by atoms with Crippen LogP contribution in [0.4, 0.5) is 0 Å². The molecule has 1 saturated carbocycles. The van der Waals surface area contributed by atoms with Crippen LogP contribution in [0.25, 0.3) is 0 Å². The highest BCUT2D eigenvalue weighted by Gasteiger charge is 2.47. The smallest absolute Gasteiger partial charge is 0.222 e. The molecule has 2 heterocycles. The first-order valence-corrected chi connectivity index (χ1v) is 34.0. The van der Waals surface area contributed by atoms with E-state index in [-0.39, 0.29) is 160 Å². The number of carbonyl (C=O) groups is 9. The van der Waals surface area contributed by atoms with Gasteiger partial charge in [-0.1, -0.05) is 6.92 Å². The Balaban J connectivity index is 1.34. The summed E-state index contributed by atoms with van der Waals surface area (Å²) in [6.07, 6.45) is -8.41. The molecule has 9 amide bonds. The van der Waals surface area contributed by atoms with E-state index in [0.717, 1.165) is 0 Å². The highest BCUT2D eigenvalue weighted by Crippen LogP contribution is 2.29. The summed E-state index contributed by atoms with van der Waals surface area (Å²) in [7, 11) is 0. The van der Waals surface area contributed by atoms with E-state index in [1.807, 2.05) is 6.92 Å². The third kappa shape index (κ3) is 34.8. The van der Waals surface area contributed by atoms with Gasteiger partial charge in [0.05, 0.1) is 71.1 Å². The molecule has 3 fully saturated rings.